The van der Waals surface area contributed by atoms with Crippen molar-refractivity contribution in [3.63, 3.8) is 0 Å². The largest absolute Gasteiger partial charge is 0.490 e. The quantitative estimate of drug-likeness (QED) is 0.632. The molecule has 3 rings (SSSR count). The average molecular weight is 445 g/mol. The number of amides is 4. The van der Waals surface area contributed by atoms with Crippen molar-refractivity contribution in [3.05, 3.63) is 53.1 Å². The fourth-order valence-corrected chi connectivity index (χ4v) is 3.64. The first-order chi connectivity index (χ1) is 14.8. The summed E-state index contributed by atoms with van der Waals surface area (Å²) in [6.45, 7) is 4.19. The smallest absolute Gasteiger partial charge is 0.319 e. The molecule has 0 radical (unpaired) electrons. The highest BCUT2D eigenvalue weighted by Crippen LogP contribution is 2.29. The summed E-state index contributed by atoms with van der Waals surface area (Å²) in [5, 5.41) is 5.82. The van der Waals surface area contributed by atoms with Crippen molar-refractivity contribution in [2.24, 2.45) is 5.73 Å². The number of carbonyl (C=O) groups is 3. The monoisotopic (exact) mass is 444 g/mol. The lowest BCUT2D eigenvalue weighted by Crippen LogP contribution is -2.53. The van der Waals surface area contributed by atoms with E-state index < -0.39 is 18.0 Å². The molecule has 4 amide bonds. The number of primary amides is 1. The topological polar surface area (TPSA) is 114 Å². The minimum Gasteiger partial charge on any atom is -0.490 e. The Morgan fingerprint density at radius 3 is 2.65 bits per heavy atom. The first kappa shape index (κ1) is 22.4. The number of benzene rings is 2. The highest BCUT2D eigenvalue weighted by Gasteiger charge is 2.31. The maximum Gasteiger partial charge on any atom is 0.319 e. The van der Waals surface area contributed by atoms with Gasteiger partial charge in [-0.25, -0.2) is 4.79 Å². The molecule has 0 saturated carbocycles. The van der Waals surface area contributed by atoms with Gasteiger partial charge in [0.05, 0.1) is 22.4 Å². The molecular formula is C22H25ClN4O4. The van der Waals surface area contributed by atoms with E-state index in [-0.39, 0.29) is 17.6 Å². The van der Waals surface area contributed by atoms with Crippen LogP contribution in [-0.2, 0) is 4.79 Å². The van der Waals surface area contributed by atoms with Gasteiger partial charge in [0.25, 0.3) is 5.91 Å². The number of ether oxygens (including phenoxy) is 1. The molecule has 2 aromatic rings. The Morgan fingerprint density at radius 1 is 1.23 bits per heavy atom. The second-order valence-electron chi connectivity index (χ2n) is 7.48. The van der Waals surface area contributed by atoms with Gasteiger partial charge < -0.3 is 26.0 Å². The zero-order chi connectivity index (χ0) is 22.5. The van der Waals surface area contributed by atoms with Crippen molar-refractivity contribution in [1.29, 1.82) is 0 Å². The summed E-state index contributed by atoms with van der Waals surface area (Å²) in [7, 11) is 0. The van der Waals surface area contributed by atoms with Crippen molar-refractivity contribution in [1.82, 2.24) is 5.32 Å². The third-order valence-electron chi connectivity index (χ3n) is 4.75. The standard InChI is InChI=1S/C22H25ClN4O4/c1-13(2)31-19-10-9-14(12-15(19)20(24)28)25-22(30)26-17-7-5-11-27(21(17)29)18-8-4-3-6-16(18)23/h3-4,6,8-10,12-13,17H,5,7,11H2,1-2H3,(H2,24,28)(H2,25,26,30). The number of anilines is 2. The zero-order valence-electron chi connectivity index (χ0n) is 17.4. The number of hydrogen-bond donors (Lipinski definition) is 3. The first-order valence-corrected chi connectivity index (χ1v) is 10.4. The molecule has 1 fully saturated rings. The van der Waals surface area contributed by atoms with E-state index in [1.54, 1.807) is 41.3 Å². The molecule has 2 aromatic carbocycles. The lowest BCUT2D eigenvalue weighted by atomic mass is 10.0. The molecular weight excluding hydrogens is 420 g/mol. The number of rotatable bonds is 6. The number of hydrogen-bond acceptors (Lipinski definition) is 4. The van der Waals surface area contributed by atoms with Crippen LogP contribution in [0.2, 0.25) is 5.02 Å². The molecule has 1 atom stereocenters. The van der Waals surface area contributed by atoms with E-state index in [9.17, 15) is 14.4 Å². The third-order valence-corrected chi connectivity index (χ3v) is 5.07. The average Bonchev–Trinajstić information content (AvgIpc) is 2.71. The predicted molar refractivity (Wildman–Crippen MR) is 120 cm³/mol. The van der Waals surface area contributed by atoms with Crippen LogP contribution >= 0.6 is 11.6 Å². The molecule has 1 unspecified atom stereocenters. The van der Waals surface area contributed by atoms with Crippen LogP contribution in [0.15, 0.2) is 42.5 Å². The lowest BCUT2D eigenvalue weighted by Gasteiger charge is -2.33. The van der Waals surface area contributed by atoms with E-state index in [0.29, 0.717) is 35.1 Å². The molecule has 0 spiro atoms. The molecule has 31 heavy (non-hydrogen) atoms. The summed E-state index contributed by atoms with van der Waals surface area (Å²) >= 11 is 6.23. The predicted octanol–water partition coefficient (Wildman–Crippen LogP) is 3.54. The van der Waals surface area contributed by atoms with Crippen molar-refractivity contribution >= 4 is 40.8 Å². The van der Waals surface area contributed by atoms with Crippen molar-refractivity contribution < 1.29 is 19.1 Å². The Balaban J connectivity index is 1.69. The van der Waals surface area contributed by atoms with E-state index >= 15 is 0 Å². The van der Waals surface area contributed by atoms with Gasteiger partial charge in [0.1, 0.15) is 11.8 Å². The fourth-order valence-electron chi connectivity index (χ4n) is 3.40. The van der Waals surface area contributed by atoms with Gasteiger partial charge in [0, 0.05) is 12.2 Å². The number of nitrogens with two attached hydrogens (primary N) is 1. The molecule has 164 valence electrons. The van der Waals surface area contributed by atoms with Gasteiger partial charge in [-0.3, -0.25) is 9.59 Å². The highest BCUT2D eigenvalue weighted by molar-refractivity contribution is 6.33. The number of nitrogens with zero attached hydrogens (tertiary/aromatic N) is 1. The Bertz CT molecular complexity index is 995. The van der Waals surface area contributed by atoms with Crippen LogP contribution in [0.3, 0.4) is 0 Å². The van der Waals surface area contributed by atoms with Crippen LogP contribution in [0.1, 0.15) is 37.0 Å². The van der Waals surface area contributed by atoms with Gasteiger partial charge in [-0.15, -0.1) is 0 Å². The maximum absolute atomic E-state index is 12.9. The molecule has 0 bridgehead atoms. The molecule has 0 aromatic heterocycles. The summed E-state index contributed by atoms with van der Waals surface area (Å²) in [5.41, 5.74) is 6.56. The molecule has 1 heterocycles. The molecule has 9 heteroatoms. The number of urea groups is 1. The minimum absolute atomic E-state index is 0.140. The summed E-state index contributed by atoms with van der Waals surface area (Å²) in [4.78, 5) is 38.8. The van der Waals surface area contributed by atoms with Crippen molar-refractivity contribution in [2.45, 2.75) is 38.8 Å². The Kier molecular flexibility index (Phi) is 7.02. The number of nitrogens with one attached hydrogen (secondary N) is 2. The van der Waals surface area contributed by atoms with Crippen molar-refractivity contribution in [3.8, 4) is 5.75 Å². The molecule has 1 aliphatic rings. The van der Waals surface area contributed by atoms with E-state index in [2.05, 4.69) is 10.6 Å². The van der Waals surface area contributed by atoms with Crippen LogP contribution in [0.4, 0.5) is 16.2 Å². The number of carbonyl (C=O) groups excluding carboxylic acids is 3. The minimum atomic E-state index is -0.691. The van der Waals surface area contributed by atoms with Gasteiger partial charge in [0.15, 0.2) is 0 Å². The van der Waals surface area contributed by atoms with Crippen LogP contribution in [0.5, 0.6) is 5.75 Å². The van der Waals surface area contributed by atoms with Gasteiger partial charge >= 0.3 is 6.03 Å². The van der Waals surface area contributed by atoms with Crippen LogP contribution in [0, 0.1) is 0 Å². The SMILES string of the molecule is CC(C)Oc1ccc(NC(=O)NC2CCCN(c3ccccc3Cl)C2=O)cc1C(N)=O. The molecule has 1 aliphatic heterocycles. The van der Waals surface area contributed by atoms with E-state index in [1.165, 1.54) is 6.07 Å². The number of para-hydroxylation sites is 1. The van der Waals surface area contributed by atoms with Crippen molar-refractivity contribution in [2.75, 3.05) is 16.8 Å². The van der Waals surface area contributed by atoms with Crippen LogP contribution < -0.4 is 26.0 Å². The van der Waals surface area contributed by atoms with Crippen LogP contribution in [0.25, 0.3) is 0 Å². The molecule has 4 N–H and O–H groups in total. The van der Waals surface area contributed by atoms with E-state index in [0.717, 1.165) is 6.42 Å². The van der Waals surface area contributed by atoms with Gasteiger partial charge in [-0.1, -0.05) is 23.7 Å². The Morgan fingerprint density at radius 2 is 1.97 bits per heavy atom. The van der Waals surface area contributed by atoms with E-state index in [1.807, 2.05) is 13.8 Å². The molecule has 0 aliphatic carbocycles. The summed E-state index contributed by atoms with van der Waals surface area (Å²) in [6, 6.07) is 10.5. The Labute approximate surface area is 185 Å². The summed E-state index contributed by atoms with van der Waals surface area (Å²) in [5.74, 6) is -0.558. The first-order valence-electron chi connectivity index (χ1n) is 10.00. The number of piperidine rings is 1. The normalized spacial score (nSPS) is 16.2. The molecule has 8 nitrogen and oxygen atoms in total. The van der Waals surface area contributed by atoms with Gasteiger partial charge in [-0.05, 0) is 57.0 Å². The summed E-state index contributed by atoms with van der Waals surface area (Å²) < 4.78 is 5.58. The van der Waals surface area contributed by atoms with Gasteiger partial charge in [-0.2, -0.15) is 0 Å². The second kappa shape index (κ2) is 9.70. The lowest BCUT2D eigenvalue weighted by molar-refractivity contribution is -0.121. The molecule has 1 saturated heterocycles. The maximum atomic E-state index is 12.9. The summed E-state index contributed by atoms with van der Waals surface area (Å²) in [6.07, 6.45) is 1.09. The fraction of sp³-hybridized carbons (Fsp3) is 0.318. The number of halogens is 1. The Hall–Kier alpha value is -3.26. The zero-order valence-corrected chi connectivity index (χ0v) is 18.1. The highest BCUT2D eigenvalue weighted by atomic mass is 35.5. The second-order valence-corrected chi connectivity index (χ2v) is 7.88. The third kappa shape index (κ3) is 5.46. The van der Waals surface area contributed by atoms with E-state index in [4.69, 9.17) is 22.1 Å². The van der Waals surface area contributed by atoms with Crippen LogP contribution in [-0.4, -0.2) is 36.5 Å². The van der Waals surface area contributed by atoms with Gasteiger partial charge in [0.2, 0.25) is 5.91 Å².